The van der Waals surface area contributed by atoms with E-state index in [1.807, 2.05) is 26.1 Å². The Morgan fingerprint density at radius 1 is 1.23 bits per heavy atom. The Labute approximate surface area is 158 Å². The number of aromatic nitrogens is 3. The van der Waals surface area contributed by atoms with Crippen LogP contribution in [0.3, 0.4) is 0 Å². The fourth-order valence-electron chi connectivity index (χ4n) is 3.30. The Balaban J connectivity index is 0.00000196. The van der Waals surface area contributed by atoms with E-state index in [0.717, 1.165) is 47.9 Å². The lowest BCUT2D eigenvalue weighted by atomic mass is 9.95. The highest BCUT2D eigenvalue weighted by Crippen LogP contribution is 2.33. The van der Waals surface area contributed by atoms with E-state index in [9.17, 15) is 0 Å². The molecule has 7 heteroatoms. The highest BCUT2D eigenvalue weighted by Gasteiger charge is 2.23. The molecule has 0 atom stereocenters. The van der Waals surface area contributed by atoms with Crippen LogP contribution < -0.4 is 5.32 Å². The maximum absolute atomic E-state index is 5.81. The highest BCUT2D eigenvalue weighted by atomic mass is 35.5. The number of pyridine rings is 1. The lowest BCUT2D eigenvalue weighted by Gasteiger charge is -2.19. The standard InChI is InChI=1S/C19H22N4O2.ClH/c1-10(2)16-7-15(12(4)24-16)19-22-18(23-25-19)17-11(3)21-9-13-8-20-6-5-14(13)17;/h7,9-10,20H,5-6,8H2,1-4H3;1H. The van der Waals surface area contributed by atoms with Crippen molar-refractivity contribution in [1.82, 2.24) is 20.4 Å². The predicted molar refractivity (Wildman–Crippen MR) is 101 cm³/mol. The molecule has 138 valence electrons. The fourth-order valence-corrected chi connectivity index (χ4v) is 3.30. The first-order chi connectivity index (χ1) is 12.0. The van der Waals surface area contributed by atoms with Crippen LogP contribution in [0.4, 0.5) is 0 Å². The van der Waals surface area contributed by atoms with E-state index in [1.165, 1.54) is 11.1 Å². The summed E-state index contributed by atoms with van der Waals surface area (Å²) in [5.74, 6) is 3.13. The van der Waals surface area contributed by atoms with Crippen molar-refractivity contribution in [1.29, 1.82) is 0 Å². The molecular weight excluding hydrogens is 352 g/mol. The van der Waals surface area contributed by atoms with Gasteiger partial charge >= 0.3 is 0 Å². The van der Waals surface area contributed by atoms with Crippen molar-refractivity contribution in [2.75, 3.05) is 6.54 Å². The van der Waals surface area contributed by atoms with E-state index in [2.05, 4.69) is 34.3 Å². The normalized spacial score (nSPS) is 13.6. The zero-order valence-corrected chi connectivity index (χ0v) is 16.2. The second-order valence-corrected chi connectivity index (χ2v) is 6.85. The van der Waals surface area contributed by atoms with Crippen LogP contribution in [0.5, 0.6) is 0 Å². The van der Waals surface area contributed by atoms with Crippen molar-refractivity contribution in [3.05, 3.63) is 40.6 Å². The first-order valence-electron chi connectivity index (χ1n) is 8.67. The molecule has 0 saturated heterocycles. The van der Waals surface area contributed by atoms with Crippen molar-refractivity contribution in [3.63, 3.8) is 0 Å². The molecule has 0 bridgehead atoms. The smallest absolute Gasteiger partial charge is 0.261 e. The fraction of sp³-hybridized carbons (Fsp3) is 0.421. The number of aryl methyl sites for hydroxylation is 2. The zero-order chi connectivity index (χ0) is 17.6. The minimum absolute atomic E-state index is 0. The van der Waals surface area contributed by atoms with Gasteiger partial charge in [0.05, 0.1) is 5.56 Å². The summed E-state index contributed by atoms with van der Waals surface area (Å²) in [5, 5.41) is 7.61. The molecule has 0 aliphatic carbocycles. The number of nitrogens with zero attached hydrogens (tertiary/aromatic N) is 3. The molecule has 6 nitrogen and oxygen atoms in total. The molecule has 0 amide bonds. The molecule has 1 aliphatic heterocycles. The van der Waals surface area contributed by atoms with Crippen LogP contribution in [0.1, 0.15) is 48.1 Å². The van der Waals surface area contributed by atoms with Crippen molar-refractivity contribution in [2.45, 2.75) is 46.6 Å². The van der Waals surface area contributed by atoms with Gasteiger partial charge in [-0.25, -0.2) is 0 Å². The Morgan fingerprint density at radius 2 is 2.04 bits per heavy atom. The summed E-state index contributed by atoms with van der Waals surface area (Å²) in [6.07, 6.45) is 2.89. The van der Waals surface area contributed by atoms with Crippen LogP contribution in [0.15, 0.2) is 21.2 Å². The van der Waals surface area contributed by atoms with E-state index in [0.29, 0.717) is 17.6 Å². The molecule has 4 heterocycles. The van der Waals surface area contributed by atoms with E-state index >= 15 is 0 Å². The third kappa shape index (κ3) is 3.15. The lowest BCUT2D eigenvalue weighted by Crippen LogP contribution is -2.24. The van der Waals surface area contributed by atoms with Gasteiger partial charge in [-0.1, -0.05) is 19.0 Å². The van der Waals surface area contributed by atoms with Gasteiger partial charge in [-0.05, 0) is 44.0 Å². The van der Waals surface area contributed by atoms with Gasteiger partial charge in [0, 0.05) is 29.9 Å². The third-order valence-corrected chi connectivity index (χ3v) is 4.72. The number of fused-ring (bicyclic) bond motifs is 1. The SMILES string of the molecule is Cc1ncc2c(c1-c1noc(-c3cc(C(C)C)oc3C)n1)CCNC2.Cl. The Bertz CT molecular complexity index is 930. The van der Waals surface area contributed by atoms with Crippen molar-refractivity contribution in [3.8, 4) is 22.8 Å². The van der Waals surface area contributed by atoms with Crippen LogP contribution in [0.2, 0.25) is 0 Å². The first-order valence-corrected chi connectivity index (χ1v) is 8.67. The van der Waals surface area contributed by atoms with Gasteiger partial charge in [0.15, 0.2) is 0 Å². The Kier molecular flexibility index (Phi) is 5.16. The summed E-state index contributed by atoms with van der Waals surface area (Å²) in [6, 6.07) is 1.99. The molecule has 0 radical (unpaired) electrons. The summed E-state index contributed by atoms with van der Waals surface area (Å²) in [5.41, 5.74) is 5.27. The van der Waals surface area contributed by atoms with Gasteiger partial charge in [-0.2, -0.15) is 4.98 Å². The maximum atomic E-state index is 5.81. The van der Waals surface area contributed by atoms with Crippen LogP contribution in [-0.4, -0.2) is 21.7 Å². The van der Waals surface area contributed by atoms with E-state index in [4.69, 9.17) is 8.94 Å². The third-order valence-electron chi connectivity index (χ3n) is 4.72. The van der Waals surface area contributed by atoms with Crippen LogP contribution in [-0.2, 0) is 13.0 Å². The predicted octanol–water partition coefficient (Wildman–Crippen LogP) is 4.20. The minimum atomic E-state index is 0. The quantitative estimate of drug-likeness (QED) is 0.740. The average Bonchev–Trinajstić information content (AvgIpc) is 3.21. The number of furan rings is 1. The molecule has 0 spiro atoms. The number of nitrogens with one attached hydrogen (secondary N) is 1. The lowest BCUT2D eigenvalue weighted by molar-refractivity contribution is 0.429. The number of hydrogen-bond acceptors (Lipinski definition) is 6. The Morgan fingerprint density at radius 3 is 2.77 bits per heavy atom. The largest absolute Gasteiger partial charge is 0.465 e. The molecule has 26 heavy (non-hydrogen) atoms. The molecule has 3 aromatic rings. The second-order valence-electron chi connectivity index (χ2n) is 6.85. The summed E-state index contributed by atoms with van der Waals surface area (Å²) in [6.45, 7) is 9.90. The van der Waals surface area contributed by atoms with Gasteiger partial charge in [-0.15, -0.1) is 12.4 Å². The minimum Gasteiger partial charge on any atom is -0.465 e. The summed E-state index contributed by atoms with van der Waals surface area (Å²) in [4.78, 5) is 9.17. The summed E-state index contributed by atoms with van der Waals surface area (Å²) in [7, 11) is 0. The highest BCUT2D eigenvalue weighted by molar-refractivity contribution is 5.85. The van der Waals surface area contributed by atoms with Gasteiger partial charge in [0.1, 0.15) is 11.5 Å². The second kappa shape index (κ2) is 7.21. The van der Waals surface area contributed by atoms with Crippen molar-refractivity contribution in [2.24, 2.45) is 0 Å². The van der Waals surface area contributed by atoms with Gasteiger partial charge in [0.2, 0.25) is 5.82 Å². The zero-order valence-electron chi connectivity index (χ0n) is 15.4. The number of halogens is 1. The summed E-state index contributed by atoms with van der Waals surface area (Å²) < 4.78 is 11.4. The topological polar surface area (TPSA) is 77.0 Å². The molecular formula is C19H23ClN4O2. The molecule has 1 N–H and O–H groups in total. The van der Waals surface area contributed by atoms with Crippen LogP contribution >= 0.6 is 12.4 Å². The molecule has 4 rings (SSSR count). The van der Waals surface area contributed by atoms with Crippen molar-refractivity contribution >= 4 is 12.4 Å². The molecule has 1 aliphatic rings. The molecule has 0 fully saturated rings. The van der Waals surface area contributed by atoms with Crippen LogP contribution in [0, 0.1) is 13.8 Å². The Hall–Kier alpha value is -2.18. The van der Waals surface area contributed by atoms with Gasteiger partial charge in [-0.3, -0.25) is 4.98 Å². The number of hydrogen-bond donors (Lipinski definition) is 1. The van der Waals surface area contributed by atoms with Gasteiger partial charge in [0.25, 0.3) is 5.89 Å². The molecule has 3 aromatic heterocycles. The van der Waals surface area contributed by atoms with E-state index < -0.39 is 0 Å². The number of rotatable bonds is 3. The molecule has 0 saturated carbocycles. The van der Waals surface area contributed by atoms with Crippen LogP contribution in [0.25, 0.3) is 22.8 Å². The summed E-state index contributed by atoms with van der Waals surface area (Å²) >= 11 is 0. The van der Waals surface area contributed by atoms with E-state index in [-0.39, 0.29) is 12.4 Å². The van der Waals surface area contributed by atoms with Gasteiger partial charge < -0.3 is 14.3 Å². The average molecular weight is 375 g/mol. The first kappa shape index (κ1) is 18.6. The van der Waals surface area contributed by atoms with Crippen molar-refractivity contribution < 1.29 is 8.94 Å². The van der Waals surface area contributed by atoms with E-state index in [1.54, 1.807) is 0 Å². The molecule has 0 aromatic carbocycles. The maximum Gasteiger partial charge on any atom is 0.261 e. The monoisotopic (exact) mass is 374 g/mol. The molecule has 0 unspecified atom stereocenters.